The first-order valence-electron chi connectivity index (χ1n) is 7.06. The Morgan fingerprint density at radius 3 is 2.63 bits per heavy atom. The van der Waals surface area contributed by atoms with E-state index in [0.29, 0.717) is 0 Å². The molecule has 3 nitrogen and oxygen atoms in total. The Balaban J connectivity index is 1.84. The Hall–Kier alpha value is -0.610. The number of hydrogen-bond donors (Lipinski definition) is 1. The van der Waals surface area contributed by atoms with Gasteiger partial charge in [-0.15, -0.1) is 0 Å². The number of nitrogens with zero attached hydrogens (tertiary/aromatic N) is 2. The average Bonchev–Trinajstić information content (AvgIpc) is 2.37. The van der Waals surface area contributed by atoms with Crippen molar-refractivity contribution in [3.8, 4) is 0 Å². The Morgan fingerprint density at radius 1 is 1.37 bits per heavy atom. The summed E-state index contributed by atoms with van der Waals surface area (Å²) in [5, 5.41) is 3.61. The van der Waals surface area contributed by atoms with E-state index >= 15 is 0 Å². The van der Waals surface area contributed by atoms with Gasteiger partial charge in [0.05, 0.1) is 4.47 Å². The number of hydrogen-bond acceptors (Lipinski definition) is 3. The predicted molar refractivity (Wildman–Crippen MR) is 84.6 cm³/mol. The van der Waals surface area contributed by atoms with Crippen LogP contribution < -0.4 is 10.2 Å². The van der Waals surface area contributed by atoms with Gasteiger partial charge in [-0.3, -0.25) is 0 Å². The van der Waals surface area contributed by atoms with Crippen molar-refractivity contribution in [2.45, 2.75) is 39.2 Å². The summed E-state index contributed by atoms with van der Waals surface area (Å²) in [6.45, 7) is 10.0. The van der Waals surface area contributed by atoms with Gasteiger partial charge in [0.15, 0.2) is 0 Å². The molecular weight excluding hydrogens is 302 g/mol. The maximum atomic E-state index is 4.48. The summed E-state index contributed by atoms with van der Waals surface area (Å²) in [7, 11) is 0. The molecule has 0 bridgehead atoms. The molecule has 4 heteroatoms. The lowest BCUT2D eigenvalue weighted by Crippen LogP contribution is -2.43. The van der Waals surface area contributed by atoms with Gasteiger partial charge in [-0.1, -0.05) is 0 Å². The molecule has 1 N–H and O–H groups in total. The molecule has 0 radical (unpaired) electrons. The highest BCUT2D eigenvalue weighted by Gasteiger charge is 2.22. The molecule has 0 aromatic carbocycles. The fraction of sp³-hybridized carbons (Fsp3) is 0.667. The van der Waals surface area contributed by atoms with Crippen molar-refractivity contribution in [1.29, 1.82) is 0 Å². The van der Waals surface area contributed by atoms with Crippen LogP contribution in [-0.4, -0.2) is 30.2 Å². The maximum absolute atomic E-state index is 4.48. The van der Waals surface area contributed by atoms with E-state index in [4.69, 9.17) is 0 Å². The third kappa shape index (κ3) is 4.46. The van der Waals surface area contributed by atoms with Crippen LogP contribution in [-0.2, 0) is 0 Å². The summed E-state index contributed by atoms with van der Waals surface area (Å²) in [4.78, 5) is 6.86. The van der Waals surface area contributed by atoms with Gasteiger partial charge >= 0.3 is 0 Å². The molecule has 2 heterocycles. The van der Waals surface area contributed by atoms with E-state index in [1.54, 1.807) is 0 Å². The molecule has 0 unspecified atom stereocenters. The van der Waals surface area contributed by atoms with Crippen LogP contribution in [0.25, 0.3) is 0 Å². The van der Waals surface area contributed by atoms with E-state index in [-0.39, 0.29) is 5.54 Å². The summed E-state index contributed by atoms with van der Waals surface area (Å²) < 4.78 is 1.10. The third-order valence-corrected chi connectivity index (χ3v) is 4.19. The number of piperidine rings is 1. The molecule has 0 amide bonds. The molecule has 0 atom stereocenters. The second-order valence-corrected chi connectivity index (χ2v) is 7.22. The van der Waals surface area contributed by atoms with Crippen LogP contribution in [0.1, 0.15) is 33.6 Å². The van der Waals surface area contributed by atoms with Crippen LogP contribution in [0.5, 0.6) is 0 Å². The zero-order valence-corrected chi connectivity index (χ0v) is 13.7. The number of anilines is 1. The number of rotatable bonds is 3. The van der Waals surface area contributed by atoms with Crippen molar-refractivity contribution >= 4 is 21.7 Å². The second-order valence-electron chi connectivity index (χ2n) is 6.37. The quantitative estimate of drug-likeness (QED) is 0.922. The molecule has 106 valence electrons. The smallest absolute Gasteiger partial charge is 0.142 e. The zero-order chi connectivity index (χ0) is 13.9. The van der Waals surface area contributed by atoms with Crippen LogP contribution in [0.3, 0.4) is 0 Å². The van der Waals surface area contributed by atoms with Gasteiger partial charge in [0.1, 0.15) is 5.82 Å². The van der Waals surface area contributed by atoms with Gasteiger partial charge in [0, 0.05) is 24.8 Å². The summed E-state index contributed by atoms with van der Waals surface area (Å²) in [6.07, 6.45) is 4.35. The number of pyridine rings is 1. The Morgan fingerprint density at radius 2 is 2.05 bits per heavy atom. The minimum absolute atomic E-state index is 0.223. The van der Waals surface area contributed by atoms with Gasteiger partial charge in [0.25, 0.3) is 0 Å². The summed E-state index contributed by atoms with van der Waals surface area (Å²) >= 11 is 3.59. The Bertz CT molecular complexity index is 406. The molecule has 1 saturated heterocycles. The Kier molecular flexibility index (Phi) is 4.85. The van der Waals surface area contributed by atoms with Crippen LogP contribution in [0, 0.1) is 5.92 Å². The standard InChI is InChI=1S/C15H24BrN3/c1-15(2,3)18-11-12-6-9-19(10-7-12)14-13(16)5-4-8-17-14/h4-5,8,12,18H,6-7,9-11H2,1-3H3. The third-order valence-electron chi connectivity index (χ3n) is 3.57. The molecule has 0 saturated carbocycles. The molecule has 1 fully saturated rings. The first-order chi connectivity index (χ1) is 8.96. The van der Waals surface area contributed by atoms with Gasteiger partial charge in [-0.25, -0.2) is 4.98 Å². The van der Waals surface area contributed by atoms with Gasteiger partial charge < -0.3 is 10.2 Å². The van der Waals surface area contributed by atoms with Crippen molar-refractivity contribution in [2.24, 2.45) is 5.92 Å². The molecule has 0 spiro atoms. The van der Waals surface area contributed by atoms with E-state index in [1.807, 2.05) is 12.3 Å². The summed E-state index contributed by atoms with van der Waals surface area (Å²) in [5.74, 6) is 1.88. The molecule has 1 aromatic heterocycles. The summed E-state index contributed by atoms with van der Waals surface area (Å²) in [5.41, 5.74) is 0.223. The van der Waals surface area contributed by atoms with Crippen molar-refractivity contribution in [2.75, 3.05) is 24.5 Å². The lowest BCUT2D eigenvalue weighted by atomic mass is 9.95. The van der Waals surface area contributed by atoms with E-state index in [1.165, 1.54) is 12.8 Å². The monoisotopic (exact) mass is 325 g/mol. The summed E-state index contributed by atoms with van der Waals surface area (Å²) in [6, 6.07) is 4.03. The van der Waals surface area contributed by atoms with E-state index in [9.17, 15) is 0 Å². The van der Waals surface area contributed by atoms with Crippen LogP contribution in [0.15, 0.2) is 22.8 Å². The molecule has 1 aliphatic heterocycles. The first kappa shape index (κ1) is 14.8. The van der Waals surface area contributed by atoms with Gasteiger partial charge in [0.2, 0.25) is 0 Å². The van der Waals surface area contributed by atoms with Gasteiger partial charge in [-0.05, 0) is 74.1 Å². The van der Waals surface area contributed by atoms with Crippen molar-refractivity contribution in [1.82, 2.24) is 10.3 Å². The SMILES string of the molecule is CC(C)(C)NCC1CCN(c2ncccc2Br)CC1. The lowest BCUT2D eigenvalue weighted by molar-refractivity contribution is 0.328. The van der Waals surface area contributed by atoms with Crippen molar-refractivity contribution in [3.05, 3.63) is 22.8 Å². The van der Waals surface area contributed by atoms with Crippen LogP contribution in [0.4, 0.5) is 5.82 Å². The molecular formula is C15H24BrN3. The maximum Gasteiger partial charge on any atom is 0.142 e. The van der Waals surface area contributed by atoms with E-state index < -0.39 is 0 Å². The predicted octanol–water partition coefficient (Wildman–Crippen LogP) is 3.45. The number of halogens is 1. The number of aromatic nitrogens is 1. The van der Waals surface area contributed by atoms with E-state index in [0.717, 1.165) is 35.8 Å². The van der Waals surface area contributed by atoms with Crippen LogP contribution in [0.2, 0.25) is 0 Å². The topological polar surface area (TPSA) is 28.2 Å². The van der Waals surface area contributed by atoms with Gasteiger partial charge in [-0.2, -0.15) is 0 Å². The van der Waals surface area contributed by atoms with Crippen molar-refractivity contribution < 1.29 is 0 Å². The Labute approximate surface area is 124 Å². The molecule has 19 heavy (non-hydrogen) atoms. The molecule has 0 aliphatic carbocycles. The fourth-order valence-corrected chi connectivity index (χ4v) is 2.92. The lowest BCUT2D eigenvalue weighted by Gasteiger charge is -2.34. The highest BCUT2D eigenvalue weighted by molar-refractivity contribution is 9.10. The van der Waals surface area contributed by atoms with E-state index in [2.05, 4.69) is 58.0 Å². The van der Waals surface area contributed by atoms with Crippen LogP contribution >= 0.6 is 15.9 Å². The molecule has 1 aliphatic rings. The highest BCUT2D eigenvalue weighted by Crippen LogP contribution is 2.27. The minimum Gasteiger partial charge on any atom is -0.356 e. The second kappa shape index (κ2) is 6.23. The largest absolute Gasteiger partial charge is 0.356 e. The molecule has 1 aromatic rings. The fourth-order valence-electron chi connectivity index (χ4n) is 2.41. The molecule has 2 rings (SSSR count). The normalized spacial score (nSPS) is 17.8. The minimum atomic E-state index is 0.223. The number of nitrogens with one attached hydrogen (secondary N) is 1. The highest BCUT2D eigenvalue weighted by atomic mass is 79.9. The zero-order valence-electron chi connectivity index (χ0n) is 12.1. The van der Waals surface area contributed by atoms with Crippen molar-refractivity contribution in [3.63, 3.8) is 0 Å². The first-order valence-corrected chi connectivity index (χ1v) is 7.85. The average molecular weight is 326 g/mol.